The van der Waals surface area contributed by atoms with E-state index >= 15 is 0 Å². The first kappa shape index (κ1) is 12.2. The van der Waals surface area contributed by atoms with E-state index in [4.69, 9.17) is 4.74 Å². The Bertz CT molecular complexity index is 366. The molecule has 76 valence electrons. The van der Waals surface area contributed by atoms with Crippen molar-refractivity contribution in [3.8, 4) is 0 Å². The Morgan fingerprint density at radius 2 is 2.00 bits per heavy atom. The van der Waals surface area contributed by atoms with Gasteiger partial charge in [0.05, 0.1) is 6.61 Å². The summed E-state index contributed by atoms with van der Waals surface area (Å²) in [7, 11) is 0. The molecule has 0 amide bonds. The van der Waals surface area contributed by atoms with Crippen molar-refractivity contribution >= 4 is 51.2 Å². The van der Waals surface area contributed by atoms with Crippen LogP contribution in [0.3, 0.4) is 0 Å². The molecule has 5 heteroatoms. The quantitative estimate of drug-likeness (QED) is 0.418. The minimum atomic E-state index is -0.604. The third kappa shape index (κ3) is 2.56. The van der Waals surface area contributed by atoms with Crippen molar-refractivity contribution in [3.63, 3.8) is 0 Å². The van der Waals surface area contributed by atoms with Crippen LogP contribution in [0, 0.1) is 13.0 Å². The average Bonchev–Trinajstić information content (AvgIpc) is 2.13. The summed E-state index contributed by atoms with van der Waals surface area (Å²) >= 11 is 3.76. The molecule has 0 spiro atoms. The number of carbonyl (C=O) groups is 1. The monoisotopic (exact) mass is 420 g/mol. The Labute approximate surface area is 108 Å². The zero-order valence-electron chi connectivity index (χ0n) is 7.31. The molecule has 0 N–H and O–H groups in total. The summed E-state index contributed by atoms with van der Waals surface area (Å²) in [6.07, 6.45) is 0. The molecule has 0 saturated heterocycles. The fraction of sp³-hybridized carbons (Fsp3) is 0.222. The predicted molar refractivity (Wildman–Crippen MR) is 67.8 cm³/mol. The number of benzene rings is 1. The molecule has 0 aliphatic carbocycles. The number of hydrogen-bond donors (Lipinski definition) is 0. The highest BCUT2D eigenvalue weighted by Crippen LogP contribution is 2.21. The summed E-state index contributed by atoms with van der Waals surface area (Å²) in [5, 5.41) is 0. The molecule has 0 atom stereocenters. The molecule has 0 fully saturated rings. The molecular formula is C9H7FI2O2. The van der Waals surface area contributed by atoms with Gasteiger partial charge in [-0.25, -0.2) is 9.18 Å². The lowest BCUT2D eigenvalue weighted by molar-refractivity contribution is 0.0519. The molecule has 0 radical (unpaired) electrons. The SMILES string of the molecule is CCOC(=O)c1c(I)ccc(I)c1F. The Hall–Kier alpha value is 0.0800. The van der Waals surface area contributed by atoms with E-state index in [1.54, 1.807) is 19.1 Å². The van der Waals surface area contributed by atoms with Crippen LogP contribution in [0.5, 0.6) is 0 Å². The highest BCUT2D eigenvalue weighted by Gasteiger charge is 2.18. The Kier molecular flexibility index (Phi) is 4.55. The number of ether oxygens (including phenoxy) is 1. The van der Waals surface area contributed by atoms with Crippen LogP contribution in [0.2, 0.25) is 0 Å². The van der Waals surface area contributed by atoms with E-state index in [1.165, 1.54) is 0 Å². The number of rotatable bonds is 2. The highest BCUT2D eigenvalue weighted by atomic mass is 127. The third-order valence-corrected chi connectivity index (χ3v) is 3.26. The van der Waals surface area contributed by atoms with Crippen molar-refractivity contribution in [1.82, 2.24) is 0 Å². The van der Waals surface area contributed by atoms with E-state index in [0.29, 0.717) is 7.14 Å². The molecule has 1 aromatic rings. The second kappa shape index (κ2) is 5.24. The molecular weight excluding hydrogens is 413 g/mol. The lowest BCUT2D eigenvalue weighted by atomic mass is 10.2. The Balaban J connectivity index is 3.18. The van der Waals surface area contributed by atoms with E-state index in [-0.39, 0.29) is 12.2 Å². The minimum Gasteiger partial charge on any atom is -0.462 e. The normalized spacial score (nSPS) is 10.0. The number of carbonyl (C=O) groups excluding carboxylic acids is 1. The first-order chi connectivity index (χ1) is 6.57. The third-order valence-electron chi connectivity index (χ3n) is 1.52. The lowest BCUT2D eigenvalue weighted by Crippen LogP contribution is -2.10. The van der Waals surface area contributed by atoms with Gasteiger partial charge in [-0.1, -0.05) is 0 Å². The van der Waals surface area contributed by atoms with Gasteiger partial charge in [0.15, 0.2) is 5.82 Å². The predicted octanol–water partition coefficient (Wildman–Crippen LogP) is 3.21. The Morgan fingerprint density at radius 3 is 2.57 bits per heavy atom. The molecule has 0 aromatic heterocycles. The maximum atomic E-state index is 13.5. The van der Waals surface area contributed by atoms with E-state index in [0.717, 1.165) is 0 Å². The van der Waals surface area contributed by atoms with Crippen LogP contribution in [0.4, 0.5) is 4.39 Å². The molecule has 0 aliphatic heterocycles. The average molecular weight is 420 g/mol. The van der Waals surface area contributed by atoms with Crippen molar-refractivity contribution < 1.29 is 13.9 Å². The number of halogens is 3. The van der Waals surface area contributed by atoms with Gasteiger partial charge in [0.25, 0.3) is 0 Å². The van der Waals surface area contributed by atoms with E-state index < -0.39 is 11.8 Å². The van der Waals surface area contributed by atoms with Gasteiger partial charge in [0.1, 0.15) is 5.56 Å². The highest BCUT2D eigenvalue weighted by molar-refractivity contribution is 14.1. The summed E-state index contributed by atoms with van der Waals surface area (Å²) in [6.45, 7) is 1.94. The molecule has 2 nitrogen and oxygen atoms in total. The molecule has 1 rings (SSSR count). The maximum Gasteiger partial charge on any atom is 0.342 e. The Morgan fingerprint density at radius 1 is 1.43 bits per heavy atom. The smallest absolute Gasteiger partial charge is 0.342 e. The van der Waals surface area contributed by atoms with Crippen molar-refractivity contribution in [1.29, 1.82) is 0 Å². The van der Waals surface area contributed by atoms with Crippen LogP contribution >= 0.6 is 45.2 Å². The standard InChI is InChI=1S/C9H7FI2O2/c1-2-14-9(13)7-5(11)3-4-6(12)8(7)10/h3-4H,2H2,1H3. The molecule has 0 bridgehead atoms. The van der Waals surface area contributed by atoms with Crippen molar-refractivity contribution in [3.05, 3.63) is 30.7 Å². The summed E-state index contributed by atoms with van der Waals surface area (Å²) < 4.78 is 19.3. The molecule has 14 heavy (non-hydrogen) atoms. The van der Waals surface area contributed by atoms with Crippen LogP contribution in [0.1, 0.15) is 17.3 Å². The van der Waals surface area contributed by atoms with Crippen LogP contribution in [0.15, 0.2) is 12.1 Å². The van der Waals surface area contributed by atoms with Gasteiger partial charge >= 0.3 is 5.97 Å². The zero-order chi connectivity index (χ0) is 10.7. The largest absolute Gasteiger partial charge is 0.462 e. The second-order valence-electron chi connectivity index (χ2n) is 2.44. The van der Waals surface area contributed by atoms with Crippen LogP contribution in [0.25, 0.3) is 0 Å². The van der Waals surface area contributed by atoms with Crippen LogP contribution in [-0.4, -0.2) is 12.6 Å². The second-order valence-corrected chi connectivity index (χ2v) is 4.76. The van der Waals surface area contributed by atoms with E-state index in [2.05, 4.69) is 0 Å². The van der Waals surface area contributed by atoms with Gasteiger partial charge in [0, 0.05) is 7.14 Å². The van der Waals surface area contributed by atoms with Crippen molar-refractivity contribution in [2.45, 2.75) is 6.92 Å². The van der Waals surface area contributed by atoms with Crippen LogP contribution < -0.4 is 0 Å². The summed E-state index contributed by atoms with van der Waals surface area (Å²) in [4.78, 5) is 11.4. The molecule has 0 aliphatic rings. The molecule has 0 saturated carbocycles. The minimum absolute atomic E-state index is 0.0272. The maximum absolute atomic E-state index is 13.5. The van der Waals surface area contributed by atoms with Crippen molar-refractivity contribution in [2.75, 3.05) is 6.61 Å². The fourth-order valence-corrected chi connectivity index (χ4v) is 2.00. The number of hydrogen-bond acceptors (Lipinski definition) is 2. The summed E-state index contributed by atoms with van der Waals surface area (Å²) in [6, 6.07) is 3.32. The summed E-state index contributed by atoms with van der Waals surface area (Å²) in [5.41, 5.74) is 0.0272. The molecule has 1 aromatic carbocycles. The van der Waals surface area contributed by atoms with E-state index in [1.807, 2.05) is 45.2 Å². The van der Waals surface area contributed by atoms with Crippen molar-refractivity contribution in [2.24, 2.45) is 0 Å². The zero-order valence-corrected chi connectivity index (χ0v) is 11.6. The van der Waals surface area contributed by atoms with Gasteiger partial charge in [0.2, 0.25) is 0 Å². The lowest BCUT2D eigenvalue weighted by Gasteiger charge is -2.06. The van der Waals surface area contributed by atoms with Gasteiger partial charge < -0.3 is 4.74 Å². The molecule has 0 unspecified atom stereocenters. The first-order valence-corrected chi connectivity index (χ1v) is 6.04. The number of esters is 1. The topological polar surface area (TPSA) is 26.3 Å². The van der Waals surface area contributed by atoms with Gasteiger partial charge in [-0.05, 0) is 64.2 Å². The van der Waals surface area contributed by atoms with Crippen LogP contribution in [-0.2, 0) is 4.74 Å². The first-order valence-electron chi connectivity index (χ1n) is 3.88. The van der Waals surface area contributed by atoms with E-state index in [9.17, 15) is 9.18 Å². The molecule has 0 heterocycles. The summed E-state index contributed by atoms with van der Waals surface area (Å²) in [5.74, 6) is -1.11. The van der Waals surface area contributed by atoms with Gasteiger partial charge in [-0.3, -0.25) is 0 Å². The fourth-order valence-electron chi connectivity index (χ4n) is 0.917. The van der Waals surface area contributed by atoms with Gasteiger partial charge in [-0.15, -0.1) is 0 Å². The van der Waals surface area contributed by atoms with Gasteiger partial charge in [-0.2, -0.15) is 0 Å².